The van der Waals surface area contributed by atoms with E-state index in [1.54, 1.807) is 6.92 Å². The standard InChI is InChI=1S/C22H24N6O5/c1-4-23-21(31)18-16(29)17(30)22(33-18)28-11-24-15-19(27-32-3)25-14(26-20(15)28)10-9-13-7-5-12(2)6-8-13/h5-8,11,16-18,22,29-30H,4H2,1-3H3,(H,23,31)(H,25,26,27)/t16-,17+,18-,22+/m0/s1. The van der Waals surface area contributed by atoms with Gasteiger partial charge in [0.1, 0.15) is 12.2 Å². The highest BCUT2D eigenvalue weighted by Gasteiger charge is 2.47. The van der Waals surface area contributed by atoms with Gasteiger partial charge in [0.2, 0.25) is 5.82 Å². The van der Waals surface area contributed by atoms with E-state index in [0.29, 0.717) is 12.1 Å². The number of carbonyl (C=O) groups excluding carboxylic acids is 1. The zero-order valence-electron chi connectivity index (χ0n) is 18.3. The summed E-state index contributed by atoms with van der Waals surface area (Å²) in [5.74, 6) is 5.85. The number of rotatable bonds is 5. The number of aliphatic hydroxyl groups excluding tert-OH is 2. The van der Waals surface area contributed by atoms with Gasteiger partial charge in [-0.2, -0.15) is 4.98 Å². The highest BCUT2D eigenvalue weighted by atomic mass is 16.6. The molecule has 2 aromatic heterocycles. The maximum Gasteiger partial charge on any atom is 0.252 e. The largest absolute Gasteiger partial charge is 0.387 e. The van der Waals surface area contributed by atoms with E-state index in [-0.39, 0.29) is 17.3 Å². The summed E-state index contributed by atoms with van der Waals surface area (Å²) in [6.45, 7) is 4.10. The number of benzene rings is 1. The van der Waals surface area contributed by atoms with Gasteiger partial charge in [-0.05, 0) is 31.9 Å². The summed E-state index contributed by atoms with van der Waals surface area (Å²) in [5, 5.41) is 23.5. The Labute approximate surface area is 189 Å². The van der Waals surface area contributed by atoms with E-state index in [2.05, 4.69) is 37.6 Å². The number of aryl methyl sites for hydroxylation is 1. The summed E-state index contributed by atoms with van der Waals surface area (Å²) >= 11 is 0. The molecule has 3 aromatic rings. The summed E-state index contributed by atoms with van der Waals surface area (Å²) in [7, 11) is 1.43. The average Bonchev–Trinajstić information content (AvgIpc) is 3.35. The summed E-state index contributed by atoms with van der Waals surface area (Å²) in [4.78, 5) is 30.3. The number of nitrogens with one attached hydrogen (secondary N) is 2. The topological polar surface area (TPSA) is 144 Å². The molecule has 1 aliphatic heterocycles. The molecule has 4 rings (SSSR count). The Balaban J connectivity index is 1.73. The van der Waals surface area contributed by atoms with Crippen molar-refractivity contribution < 1.29 is 24.6 Å². The second-order valence-corrected chi connectivity index (χ2v) is 7.47. The van der Waals surface area contributed by atoms with Gasteiger partial charge in [-0.1, -0.05) is 23.6 Å². The van der Waals surface area contributed by atoms with Crippen molar-refractivity contribution in [2.24, 2.45) is 0 Å². The lowest BCUT2D eigenvalue weighted by atomic mass is 10.1. The number of amides is 1. The van der Waals surface area contributed by atoms with Crippen LogP contribution in [-0.2, 0) is 14.4 Å². The Morgan fingerprint density at radius 2 is 1.97 bits per heavy atom. The third-order valence-corrected chi connectivity index (χ3v) is 5.11. The number of carbonyl (C=O) groups is 1. The first-order chi connectivity index (χ1) is 15.9. The summed E-state index contributed by atoms with van der Waals surface area (Å²) < 4.78 is 7.13. The Bertz CT molecular complexity index is 1220. The number of hydrogen-bond donors (Lipinski definition) is 4. The third-order valence-electron chi connectivity index (χ3n) is 5.11. The predicted molar refractivity (Wildman–Crippen MR) is 118 cm³/mol. The van der Waals surface area contributed by atoms with Crippen LogP contribution < -0.4 is 10.8 Å². The van der Waals surface area contributed by atoms with Crippen molar-refractivity contribution in [3.63, 3.8) is 0 Å². The van der Waals surface area contributed by atoms with Crippen molar-refractivity contribution in [1.29, 1.82) is 0 Å². The number of likely N-dealkylation sites (N-methyl/N-ethyl adjacent to an activating group) is 1. The Hall–Kier alpha value is -3.56. The number of nitrogens with zero attached hydrogens (tertiary/aromatic N) is 4. The molecule has 11 nitrogen and oxygen atoms in total. The maximum absolute atomic E-state index is 12.2. The van der Waals surface area contributed by atoms with Gasteiger partial charge in [0.15, 0.2) is 29.3 Å². The van der Waals surface area contributed by atoms with Crippen LogP contribution in [0.2, 0.25) is 0 Å². The Morgan fingerprint density at radius 3 is 2.67 bits per heavy atom. The average molecular weight is 452 g/mol. The van der Waals surface area contributed by atoms with Crippen molar-refractivity contribution in [2.75, 3.05) is 19.1 Å². The van der Waals surface area contributed by atoms with Crippen LogP contribution in [0.15, 0.2) is 30.6 Å². The lowest BCUT2D eigenvalue weighted by molar-refractivity contribution is -0.137. The second-order valence-electron chi connectivity index (χ2n) is 7.47. The molecule has 1 fully saturated rings. The van der Waals surface area contributed by atoms with Gasteiger partial charge in [0.05, 0.1) is 13.4 Å². The lowest BCUT2D eigenvalue weighted by Crippen LogP contribution is -2.42. The molecular formula is C22H24N6O5. The van der Waals surface area contributed by atoms with Gasteiger partial charge in [-0.3, -0.25) is 14.2 Å². The second kappa shape index (κ2) is 9.51. The molecule has 1 amide bonds. The molecule has 11 heteroatoms. The van der Waals surface area contributed by atoms with Gasteiger partial charge < -0.3 is 20.3 Å². The molecule has 1 saturated heterocycles. The van der Waals surface area contributed by atoms with E-state index >= 15 is 0 Å². The molecule has 1 aliphatic rings. The van der Waals surface area contributed by atoms with Gasteiger partial charge in [-0.15, -0.1) is 0 Å². The molecule has 4 N–H and O–H groups in total. The Morgan fingerprint density at radius 1 is 1.21 bits per heavy atom. The number of hydrogen-bond acceptors (Lipinski definition) is 9. The van der Waals surface area contributed by atoms with Crippen LogP contribution in [0.5, 0.6) is 0 Å². The van der Waals surface area contributed by atoms with E-state index in [9.17, 15) is 15.0 Å². The first-order valence-electron chi connectivity index (χ1n) is 10.3. The smallest absolute Gasteiger partial charge is 0.252 e. The SMILES string of the molecule is CCNC(=O)[C@H]1O[C@@H](n2cnc3c(NOC)nc(C#Cc4ccc(C)cc4)nc32)[C@H](O)[C@@H]1O. The lowest BCUT2D eigenvalue weighted by Gasteiger charge is -2.16. The molecule has 33 heavy (non-hydrogen) atoms. The summed E-state index contributed by atoms with van der Waals surface area (Å²) in [5.41, 5.74) is 5.19. The number of fused-ring (bicyclic) bond motifs is 1. The molecule has 3 heterocycles. The minimum absolute atomic E-state index is 0.178. The van der Waals surface area contributed by atoms with E-state index < -0.39 is 30.4 Å². The fraction of sp³-hybridized carbons (Fsp3) is 0.364. The first kappa shape index (κ1) is 22.6. The van der Waals surface area contributed by atoms with E-state index in [1.807, 2.05) is 31.2 Å². The molecule has 0 bridgehead atoms. The third kappa shape index (κ3) is 4.50. The Kier molecular flexibility index (Phi) is 6.52. The number of ether oxygens (including phenoxy) is 1. The number of aromatic nitrogens is 4. The van der Waals surface area contributed by atoms with E-state index in [1.165, 1.54) is 18.0 Å². The zero-order chi connectivity index (χ0) is 23.5. The quantitative estimate of drug-likeness (QED) is 0.317. The first-order valence-corrected chi connectivity index (χ1v) is 10.3. The zero-order valence-corrected chi connectivity index (χ0v) is 18.3. The maximum atomic E-state index is 12.2. The summed E-state index contributed by atoms with van der Waals surface area (Å²) in [6.07, 6.45) is -3.75. The van der Waals surface area contributed by atoms with Crippen LogP contribution in [0, 0.1) is 18.8 Å². The minimum atomic E-state index is -1.42. The van der Waals surface area contributed by atoms with Crippen molar-refractivity contribution in [1.82, 2.24) is 24.8 Å². The van der Waals surface area contributed by atoms with Gasteiger partial charge in [-0.25, -0.2) is 15.4 Å². The summed E-state index contributed by atoms with van der Waals surface area (Å²) in [6, 6.07) is 7.70. The molecule has 0 saturated carbocycles. The van der Waals surface area contributed by atoms with Crippen LogP contribution in [0.1, 0.15) is 30.1 Å². The van der Waals surface area contributed by atoms with Crippen LogP contribution in [0.4, 0.5) is 5.82 Å². The molecule has 0 unspecified atom stereocenters. The van der Waals surface area contributed by atoms with Crippen LogP contribution in [0.25, 0.3) is 11.2 Å². The highest BCUT2D eigenvalue weighted by Crippen LogP contribution is 2.32. The van der Waals surface area contributed by atoms with Crippen molar-refractivity contribution in [2.45, 2.75) is 38.4 Å². The fourth-order valence-corrected chi connectivity index (χ4v) is 3.47. The van der Waals surface area contributed by atoms with Crippen LogP contribution in [-0.4, -0.2) is 67.6 Å². The van der Waals surface area contributed by atoms with Gasteiger partial charge in [0, 0.05) is 12.1 Å². The fourth-order valence-electron chi connectivity index (χ4n) is 3.47. The van der Waals surface area contributed by atoms with E-state index in [0.717, 1.165) is 11.1 Å². The molecule has 0 spiro atoms. The van der Waals surface area contributed by atoms with Crippen molar-refractivity contribution in [3.05, 3.63) is 47.5 Å². The van der Waals surface area contributed by atoms with Gasteiger partial charge >= 0.3 is 0 Å². The molecule has 0 radical (unpaired) electrons. The molecule has 4 atom stereocenters. The molecular weight excluding hydrogens is 428 g/mol. The number of aliphatic hydroxyl groups is 2. The van der Waals surface area contributed by atoms with Gasteiger partial charge in [0.25, 0.3) is 5.91 Å². The molecule has 172 valence electrons. The number of imidazole rings is 1. The number of anilines is 1. The van der Waals surface area contributed by atoms with Crippen molar-refractivity contribution in [3.8, 4) is 11.8 Å². The predicted octanol–water partition coefficient (Wildman–Crippen LogP) is 0.263. The molecule has 1 aromatic carbocycles. The van der Waals surface area contributed by atoms with Crippen molar-refractivity contribution >= 4 is 22.9 Å². The molecule has 0 aliphatic carbocycles. The monoisotopic (exact) mass is 452 g/mol. The normalized spacial score (nSPS) is 22.1. The minimum Gasteiger partial charge on any atom is -0.387 e. The van der Waals surface area contributed by atoms with E-state index in [4.69, 9.17) is 9.57 Å². The highest BCUT2D eigenvalue weighted by molar-refractivity contribution is 5.83. The van der Waals surface area contributed by atoms with Crippen LogP contribution in [0.3, 0.4) is 0 Å². The van der Waals surface area contributed by atoms with Crippen LogP contribution >= 0.6 is 0 Å².